The Morgan fingerprint density at radius 1 is 0.786 bits per heavy atom. The molecule has 0 aromatic heterocycles. The molecule has 0 bridgehead atoms. The number of carbonyl (C=O) groups excluding carboxylic acids is 1. The molecule has 2 heterocycles. The third-order valence-corrected chi connectivity index (χ3v) is 8.36. The van der Waals surface area contributed by atoms with Crippen LogP contribution in [0.25, 0.3) is 0 Å². The van der Waals surface area contributed by atoms with Gasteiger partial charge >= 0.3 is 5.97 Å². The Morgan fingerprint density at radius 3 is 2.29 bits per heavy atom. The van der Waals surface area contributed by atoms with Crippen molar-refractivity contribution in [3.8, 4) is 11.5 Å². The van der Waals surface area contributed by atoms with Gasteiger partial charge in [-0.1, -0.05) is 72.3 Å². The zero-order valence-electron chi connectivity index (χ0n) is 23.9. The Balaban J connectivity index is 1.40. The second-order valence-electron chi connectivity index (χ2n) is 10.9. The van der Waals surface area contributed by atoms with Crippen LogP contribution in [0.4, 0.5) is 17.1 Å². The lowest BCUT2D eigenvalue weighted by molar-refractivity contribution is 0.0226. The van der Waals surface area contributed by atoms with Crippen LogP contribution in [0.3, 0.4) is 0 Å². The first-order chi connectivity index (χ1) is 20.5. The number of ether oxygens (including phenoxy) is 2. The van der Waals surface area contributed by atoms with Gasteiger partial charge in [0.05, 0.1) is 5.56 Å². The minimum absolute atomic E-state index is 0.00926. The van der Waals surface area contributed by atoms with Gasteiger partial charge in [0.1, 0.15) is 11.5 Å². The van der Waals surface area contributed by atoms with Crippen LogP contribution >= 0.6 is 0 Å². The smallest absolute Gasteiger partial charge is 0.340 e. The maximum atomic E-state index is 13.6. The number of benzene rings is 5. The van der Waals surface area contributed by atoms with Gasteiger partial charge in [0, 0.05) is 52.4 Å². The highest BCUT2D eigenvalue weighted by molar-refractivity contribution is 5.99. The molecule has 0 saturated heterocycles. The molecule has 2 atom stereocenters. The van der Waals surface area contributed by atoms with E-state index in [9.17, 15) is 4.79 Å². The highest BCUT2D eigenvalue weighted by Crippen LogP contribution is 2.58. The van der Waals surface area contributed by atoms with Crippen molar-refractivity contribution in [2.24, 2.45) is 0 Å². The molecule has 0 fully saturated rings. The van der Waals surface area contributed by atoms with E-state index in [1.807, 2.05) is 60.7 Å². The summed E-state index contributed by atoms with van der Waals surface area (Å²) >= 11 is 0. The van der Waals surface area contributed by atoms with Gasteiger partial charge in [-0.25, -0.2) is 4.79 Å². The molecule has 1 spiro atoms. The molecule has 2 aliphatic heterocycles. The highest BCUT2D eigenvalue weighted by Gasteiger charge is 2.55. The summed E-state index contributed by atoms with van der Waals surface area (Å²) in [4.78, 5) is 15.9. The van der Waals surface area contributed by atoms with E-state index < -0.39 is 5.60 Å². The average molecular weight is 553 g/mol. The molecular weight excluding hydrogens is 520 g/mol. The number of nitrogens with zero attached hydrogens (tertiary/aromatic N) is 1. The zero-order chi connectivity index (χ0) is 28.8. The summed E-state index contributed by atoms with van der Waals surface area (Å²) < 4.78 is 13.0. The van der Waals surface area contributed by atoms with Crippen LogP contribution in [0.1, 0.15) is 58.1 Å². The van der Waals surface area contributed by atoms with Crippen LogP contribution in [0, 0.1) is 6.92 Å². The van der Waals surface area contributed by atoms with E-state index in [-0.39, 0.29) is 12.0 Å². The number of rotatable bonds is 6. The normalized spacial score (nSPS) is 17.0. The van der Waals surface area contributed by atoms with Crippen LogP contribution in [0.5, 0.6) is 11.5 Å². The minimum Gasteiger partial charge on any atom is -0.456 e. The van der Waals surface area contributed by atoms with Gasteiger partial charge in [0.2, 0.25) is 0 Å². The van der Waals surface area contributed by atoms with E-state index in [2.05, 4.69) is 85.6 Å². The second-order valence-corrected chi connectivity index (χ2v) is 10.9. The number of nitrogens with one attached hydrogen (secondary N) is 1. The minimum atomic E-state index is -1.16. The first-order valence-electron chi connectivity index (χ1n) is 14.4. The fourth-order valence-electron chi connectivity index (χ4n) is 6.31. The Labute approximate surface area is 246 Å². The maximum absolute atomic E-state index is 13.6. The summed E-state index contributed by atoms with van der Waals surface area (Å²) in [5, 5.41) is 3.70. The molecule has 42 heavy (non-hydrogen) atoms. The molecule has 0 radical (unpaired) electrons. The van der Waals surface area contributed by atoms with E-state index in [0.717, 1.165) is 45.9 Å². The fraction of sp³-hybridized carbons (Fsp3) is 0.162. The number of aryl methyl sites for hydroxylation is 1. The molecule has 5 nitrogen and oxygen atoms in total. The molecule has 5 heteroatoms. The summed E-state index contributed by atoms with van der Waals surface area (Å²) in [6, 6.07) is 38.7. The summed E-state index contributed by atoms with van der Waals surface area (Å²) in [7, 11) is 0. The van der Waals surface area contributed by atoms with Crippen molar-refractivity contribution in [2.75, 3.05) is 16.8 Å². The van der Waals surface area contributed by atoms with E-state index in [1.54, 1.807) is 0 Å². The largest absolute Gasteiger partial charge is 0.456 e. The number of fused-ring (bicyclic) bond motifs is 6. The first kappa shape index (κ1) is 25.9. The van der Waals surface area contributed by atoms with Crippen LogP contribution in [-0.2, 0) is 10.3 Å². The summed E-state index contributed by atoms with van der Waals surface area (Å²) in [5.74, 6) is 0.998. The summed E-state index contributed by atoms with van der Waals surface area (Å²) in [5.41, 5.74) is 7.17. The zero-order valence-corrected chi connectivity index (χ0v) is 23.9. The molecule has 5 aromatic carbocycles. The van der Waals surface area contributed by atoms with Gasteiger partial charge in [-0.2, -0.15) is 0 Å². The number of hydrogen-bond acceptors (Lipinski definition) is 5. The molecule has 2 unspecified atom stereocenters. The van der Waals surface area contributed by atoms with Gasteiger partial charge in [-0.3, -0.25) is 0 Å². The molecule has 0 saturated carbocycles. The molecular formula is C37H32N2O3. The Morgan fingerprint density at radius 2 is 1.50 bits per heavy atom. The van der Waals surface area contributed by atoms with Crippen molar-refractivity contribution in [3.63, 3.8) is 0 Å². The van der Waals surface area contributed by atoms with Gasteiger partial charge in [0.15, 0.2) is 5.60 Å². The van der Waals surface area contributed by atoms with Crippen molar-refractivity contribution in [2.45, 2.75) is 32.4 Å². The predicted molar refractivity (Wildman–Crippen MR) is 167 cm³/mol. The third kappa shape index (κ3) is 4.04. The van der Waals surface area contributed by atoms with Crippen molar-refractivity contribution >= 4 is 23.0 Å². The molecule has 5 aromatic rings. The Bertz CT molecular complexity index is 1800. The SMILES string of the molecule is CCN(c1ccc(C)cc1)c1ccc2c(c1)Oc1ccccc1C21OC(=O)c2cccc(NC(C)c3ccccc3)c21. The summed E-state index contributed by atoms with van der Waals surface area (Å²) in [6.45, 7) is 7.14. The van der Waals surface area contributed by atoms with E-state index in [1.165, 1.54) is 5.56 Å². The Hall–Kier alpha value is -5.03. The summed E-state index contributed by atoms with van der Waals surface area (Å²) in [6.07, 6.45) is 0. The van der Waals surface area contributed by atoms with Crippen molar-refractivity contribution in [3.05, 3.63) is 149 Å². The van der Waals surface area contributed by atoms with Crippen molar-refractivity contribution < 1.29 is 14.3 Å². The average Bonchev–Trinajstić information content (AvgIpc) is 3.32. The van der Waals surface area contributed by atoms with Crippen LogP contribution in [0.2, 0.25) is 0 Å². The second kappa shape index (κ2) is 10.1. The van der Waals surface area contributed by atoms with Crippen LogP contribution < -0.4 is 15.0 Å². The van der Waals surface area contributed by atoms with Crippen molar-refractivity contribution in [1.29, 1.82) is 0 Å². The lowest BCUT2D eigenvalue weighted by Gasteiger charge is -2.38. The van der Waals surface area contributed by atoms with E-state index >= 15 is 0 Å². The van der Waals surface area contributed by atoms with Crippen LogP contribution in [0.15, 0.2) is 115 Å². The standard InChI is InChI=1S/C37H32N2O3/c1-4-39(27-19-17-24(2)18-20-27)28-21-22-31-34(23-28)41-33-16-9-8-14-30(33)37(31)35-29(36(40)42-37)13-10-15-32(35)38-25(3)26-11-6-5-7-12-26/h5-23,25,38H,4H2,1-3H3. The maximum Gasteiger partial charge on any atom is 0.340 e. The van der Waals surface area contributed by atoms with Crippen molar-refractivity contribution in [1.82, 2.24) is 0 Å². The van der Waals surface area contributed by atoms with Crippen LogP contribution in [-0.4, -0.2) is 12.5 Å². The van der Waals surface area contributed by atoms with E-state index in [0.29, 0.717) is 17.1 Å². The van der Waals surface area contributed by atoms with Gasteiger partial charge in [0.25, 0.3) is 0 Å². The van der Waals surface area contributed by atoms with Gasteiger partial charge in [-0.05, 0) is 68.8 Å². The topological polar surface area (TPSA) is 50.8 Å². The molecule has 1 N–H and O–H groups in total. The number of para-hydroxylation sites is 1. The van der Waals surface area contributed by atoms with Gasteiger partial charge in [-0.15, -0.1) is 0 Å². The predicted octanol–water partition coefficient (Wildman–Crippen LogP) is 8.89. The number of carbonyl (C=O) groups is 1. The molecule has 0 amide bonds. The van der Waals surface area contributed by atoms with E-state index in [4.69, 9.17) is 9.47 Å². The third-order valence-electron chi connectivity index (χ3n) is 8.36. The molecule has 0 aliphatic carbocycles. The molecule has 208 valence electrons. The van der Waals surface area contributed by atoms with Gasteiger partial charge < -0.3 is 19.7 Å². The monoisotopic (exact) mass is 552 g/mol. The number of esters is 1. The highest BCUT2D eigenvalue weighted by atomic mass is 16.6. The quantitative estimate of drug-likeness (QED) is 0.213. The first-order valence-corrected chi connectivity index (χ1v) is 14.4. The number of hydrogen-bond donors (Lipinski definition) is 1. The molecule has 2 aliphatic rings. The number of anilines is 3. The lowest BCUT2D eigenvalue weighted by Crippen LogP contribution is -2.34. The Kier molecular flexibility index (Phi) is 6.23. The lowest BCUT2D eigenvalue weighted by atomic mass is 9.76. The fourth-order valence-corrected chi connectivity index (χ4v) is 6.31. The molecule has 7 rings (SSSR count).